The quantitative estimate of drug-likeness (QED) is 0.425. The molecule has 0 atom stereocenters. The van der Waals surface area contributed by atoms with Crippen molar-refractivity contribution in [1.29, 1.82) is 0 Å². The third kappa shape index (κ3) is 4.63. The Kier molecular flexibility index (Phi) is 6.36. The van der Waals surface area contributed by atoms with E-state index in [4.69, 9.17) is 14.5 Å². The summed E-state index contributed by atoms with van der Waals surface area (Å²) in [6.45, 7) is 1.99. The summed E-state index contributed by atoms with van der Waals surface area (Å²) in [5, 5.41) is 3.47. The molecule has 1 N–H and O–H groups in total. The van der Waals surface area contributed by atoms with Gasteiger partial charge < -0.3 is 14.8 Å². The Bertz CT molecular complexity index is 1390. The Hall–Kier alpha value is -4.52. The van der Waals surface area contributed by atoms with Crippen molar-refractivity contribution in [2.75, 3.05) is 19.5 Å². The highest BCUT2D eigenvalue weighted by Gasteiger charge is 2.18. The molecule has 1 aromatic heterocycles. The number of para-hydroxylation sites is 1. The Morgan fingerprint density at radius 3 is 2.12 bits per heavy atom. The number of amides is 1. The normalized spacial score (nSPS) is 10.6. The number of ether oxygens (including phenoxy) is 2. The number of pyridine rings is 1. The third-order valence-corrected chi connectivity index (χ3v) is 5.31. The number of carbonyl (C=O) groups is 3. The molecular weight excluding hydrogens is 432 g/mol. The molecule has 1 heterocycles. The molecule has 3 aromatic carbocycles. The number of esters is 2. The van der Waals surface area contributed by atoms with E-state index in [9.17, 15) is 14.4 Å². The van der Waals surface area contributed by atoms with E-state index in [1.807, 2.05) is 55.5 Å². The minimum Gasteiger partial charge on any atom is -0.465 e. The summed E-state index contributed by atoms with van der Waals surface area (Å²) in [6, 6.07) is 21.2. The van der Waals surface area contributed by atoms with Crippen molar-refractivity contribution in [1.82, 2.24) is 4.98 Å². The lowest BCUT2D eigenvalue weighted by molar-refractivity contribution is 0.0599. The van der Waals surface area contributed by atoms with Crippen molar-refractivity contribution in [2.24, 2.45) is 0 Å². The lowest BCUT2D eigenvalue weighted by Crippen LogP contribution is -2.15. The summed E-state index contributed by atoms with van der Waals surface area (Å²) >= 11 is 0. The van der Waals surface area contributed by atoms with Gasteiger partial charge >= 0.3 is 11.9 Å². The molecule has 0 spiro atoms. The molecule has 0 radical (unpaired) electrons. The second kappa shape index (κ2) is 9.54. The van der Waals surface area contributed by atoms with Crippen LogP contribution >= 0.6 is 0 Å². The monoisotopic (exact) mass is 454 g/mol. The third-order valence-electron chi connectivity index (χ3n) is 5.31. The Balaban J connectivity index is 1.79. The van der Waals surface area contributed by atoms with Crippen LogP contribution in [-0.4, -0.2) is 37.0 Å². The summed E-state index contributed by atoms with van der Waals surface area (Å²) in [7, 11) is 2.47. The summed E-state index contributed by atoms with van der Waals surface area (Å²) in [4.78, 5) is 42.3. The van der Waals surface area contributed by atoms with Crippen LogP contribution in [0.15, 0.2) is 72.8 Å². The van der Waals surface area contributed by atoms with Crippen LogP contribution in [0.1, 0.15) is 36.6 Å². The van der Waals surface area contributed by atoms with E-state index in [0.29, 0.717) is 22.2 Å². The second-order valence-corrected chi connectivity index (χ2v) is 7.68. The maximum absolute atomic E-state index is 13.4. The van der Waals surface area contributed by atoms with Gasteiger partial charge in [0.25, 0.3) is 5.91 Å². The van der Waals surface area contributed by atoms with E-state index in [-0.39, 0.29) is 16.8 Å². The molecule has 7 nitrogen and oxygen atoms in total. The highest BCUT2D eigenvalue weighted by Crippen LogP contribution is 2.27. The number of fused-ring (bicyclic) bond motifs is 1. The number of carbonyl (C=O) groups excluding carboxylic acids is 3. The zero-order valence-corrected chi connectivity index (χ0v) is 18.9. The molecule has 0 saturated heterocycles. The molecule has 0 bridgehead atoms. The van der Waals surface area contributed by atoms with Gasteiger partial charge in [0.05, 0.1) is 42.1 Å². The van der Waals surface area contributed by atoms with Crippen molar-refractivity contribution in [3.05, 3.63) is 95.1 Å². The van der Waals surface area contributed by atoms with Gasteiger partial charge in [-0.15, -0.1) is 0 Å². The van der Waals surface area contributed by atoms with Gasteiger partial charge in [-0.25, -0.2) is 14.6 Å². The molecule has 0 unspecified atom stereocenters. The van der Waals surface area contributed by atoms with Crippen molar-refractivity contribution >= 4 is 34.4 Å². The van der Waals surface area contributed by atoms with E-state index >= 15 is 0 Å². The van der Waals surface area contributed by atoms with Crippen molar-refractivity contribution in [2.45, 2.75) is 6.92 Å². The van der Waals surface area contributed by atoms with Gasteiger partial charge in [-0.05, 0) is 43.3 Å². The lowest BCUT2D eigenvalue weighted by Gasteiger charge is -2.12. The maximum atomic E-state index is 13.4. The first-order valence-electron chi connectivity index (χ1n) is 10.5. The van der Waals surface area contributed by atoms with Crippen molar-refractivity contribution in [3.8, 4) is 11.3 Å². The van der Waals surface area contributed by atoms with Gasteiger partial charge in [0, 0.05) is 16.6 Å². The zero-order valence-electron chi connectivity index (χ0n) is 18.9. The fourth-order valence-corrected chi connectivity index (χ4v) is 3.69. The molecular formula is C27H22N2O5. The van der Waals surface area contributed by atoms with E-state index in [1.165, 1.54) is 32.4 Å². The van der Waals surface area contributed by atoms with E-state index in [2.05, 4.69) is 5.32 Å². The number of aryl methyl sites for hydroxylation is 1. The maximum Gasteiger partial charge on any atom is 0.337 e. The molecule has 0 aliphatic carbocycles. The van der Waals surface area contributed by atoms with E-state index in [1.54, 1.807) is 6.07 Å². The average Bonchev–Trinajstić information content (AvgIpc) is 2.86. The smallest absolute Gasteiger partial charge is 0.337 e. The molecule has 0 aliphatic rings. The average molecular weight is 454 g/mol. The second-order valence-electron chi connectivity index (χ2n) is 7.68. The molecule has 1 amide bonds. The standard InChI is InChI=1S/C27H22N2O5/c1-16-7-6-8-17(11-16)24-15-22(21-9-4-5-10-23(21)29-24)25(30)28-20-13-18(26(31)33-2)12-19(14-20)27(32)34-3/h4-15H,1-3H3,(H,28,30). The first kappa shape index (κ1) is 22.7. The molecule has 0 aliphatic heterocycles. The van der Waals surface area contributed by atoms with E-state index in [0.717, 1.165) is 11.1 Å². The minimum atomic E-state index is -0.641. The van der Waals surface area contributed by atoms with Crippen LogP contribution in [-0.2, 0) is 9.47 Å². The Morgan fingerprint density at radius 2 is 1.47 bits per heavy atom. The van der Waals surface area contributed by atoms with Crippen LogP contribution in [0.25, 0.3) is 22.2 Å². The summed E-state index contributed by atoms with van der Waals surface area (Å²) in [6.07, 6.45) is 0. The van der Waals surface area contributed by atoms with Crippen molar-refractivity contribution in [3.63, 3.8) is 0 Å². The predicted octanol–water partition coefficient (Wildman–Crippen LogP) is 5.04. The SMILES string of the molecule is COC(=O)c1cc(NC(=O)c2cc(-c3cccc(C)c3)nc3ccccc23)cc(C(=O)OC)c1. The fraction of sp³-hybridized carbons (Fsp3) is 0.111. The number of nitrogens with zero attached hydrogens (tertiary/aromatic N) is 1. The molecule has 0 fully saturated rings. The Morgan fingerprint density at radius 1 is 0.794 bits per heavy atom. The topological polar surface area (TPSA) is 94.6 Å². The number of benzene rings is 3. The number of nitrogens with one attached hydrogen (secondary N) is 1. The van der Waals surface area contributed by atoms with E-state index < -0.39 is 17.8 Å². The van der Waals surface area contributed by atoms with Gasteiger partial charge in [-0.3, -0.25) is 4.79 Å². The number of rotatable bonds is 5. The predicted molar refractivity (Wildman–Crippen MR) is 129 cm³/mol. The van der Waals surface area contributed by atoms with Crippen LogP contribution in [0.3, 0.4) is 0 Å². The first-order chi connectivity index (χ1) is 16.4. The number of methoxy groups -OCH3 is 2. The molecule has 7 heteroatoms. The summed E-state index contributed by atoms with van der Waals surface area (Å²) in [5.74, 6) is -1.69. The summed E-state index contributed by atoms with van der Waals surface area (Å²) in [5.41, 5.74) is 4.18. The van der Waals surface area contributed by atoms with Gasteiger partial charge in [0.1, 0.15) is 0 Å². The summed E-state index contributed by atoms with van der Waals surface area (Å²) < 4.78 is 9.54. The first-order valence-corrected chi connectivity index (χ1v) is 10.5. The minimum absolute atomic E-state index is 0.112. The number of hydrogen-bond acceptors (Lipinski definition) is 6. The Labute approximate surface area is 196 Å². The van der Waals surface area contributed by atoms with Crippen LogP contribution < -0.4 is 5.32 Å². The van der Waals surface area contributed by atoms with Crippen LogP contribution in [0.4, 0.5) is 5.69 Å². The van der Waals surface area contributed by atoms with Crippen molar-refractivity contribution < 1.29 is 23.9 Å². The number of aromatic nitrogens is 1. The molecule has 0 saturated carbocycles. The molecule has 4 rings (SSSR count). The highest BCUT2D eigenvalue weighted by molar-refractivity contribution is 6.13. The molecule has 170 valence electrons. The zero-order chi connectivity index (χ0) is 24.2. The number of hydrogen-bond donors (Lipinski definition) is 1. The lowest BCUT2D eigenvalue weighted by atomic mass is 10.0. The van der Waals surface area contributed by atoms with Gasteiger partial charge in [-0.1, -0.05) is 42.0 Å². The number of anilines is 1. The molecule has 4 aromatic rings. The highest BCUT2D eigenvalue weighted by atomic mass is 16.5. The van der Waals surface area contributed by atoms with Crippen LogP contribution in [0.2, 0.25) is 0 Å². The van der Waals surface area contributed by atoms with Gasteiger partial charge in [0.2, 0.25) is 0 Å². The van der Waals surface area contributed by atoms with Gasteiger partial charge in [-0.2, -0.15) is 0 Å². The van der Waals surface area contributed by atoms with Crippen LogP contribution in [0, 0.1) is 6.92 Å². The molecule has 34 heavy (non-hydrogen) atoms. The fourth-order valence-electron chi connectivity index (χ4n) is 3.69. The van der Waals surface area contributed by atoms with Crippen LogP contribution in [0.5, 0.6) is 0 Å². The largest absolute Gasteiger partial charge is 0.465 e. The van der Waals surface area contributed by atoms with Gasteiger partial charge in [0.15, 0.2) is 0 Å².